The lowest BCUT2D eigenvalue weighted by atomic mass is 9.77. The minimum absolute atomic E-state index is 0.226. The Morgan fingerprint density at radius 2 is 1.84 bits per heavy atom. The molecule has 1 aromatic heterocycles. The smallest absolute Gasteiger partial charge is 0.400 e. The van der Waals surface area contributed by atoms with E-state index in [9.17, 15) is 14.7 Å². The summed E-state index contributed by atoms with van der Waals surface area (Å²) in [6.45, 7) is 7.36. The zero-order valence-electron chi connectivity index (χ0n) is 14.6. The van der Waals surface area contributed by atoms with Crippen molar-refractivity contribution in [2.24, 2.45) is 0 Å². The molecule has 1 aliphatic heterocycles. The fourth-order valence-corrected chi connectivity index (χ4v) is 2.68. The molecule has 0 unspecified atom stereocenters. The molecule has 2 heterocycles. The summed E-state index contributed by atoms with van der Waals surface area (Å²) in [4.78, 5) is 25.9. The fourth-order valence-electron chi connectivity index (χ4n) is 2.68. The van der Waals surface area contributed by atoms with E-state index in [1.165, 1.54) is 0 Å². The zero-order chi connectivity index (χ0) is 18.4. The van der Waals surface area contributed by atoms with Crippen molar-refractivity contribution in [3.63, 3.8) is 0 Å². The molecule has 7 nitrogen and oxygen atoms in total. The maximum Gasteiger partial charge on any atom is 0.492 e. The second-order valence-electron chi connectivity index (χ2n) is 7.04. The van der Waals surface area contributed by atoms with Crippen LogP contribution in [0.2, 0.25) is 0 Å². The van der Waals surface area contributed by atoms with Gasteiger partial charge in [-0.2, -0.15) is 0 Å². The SMILES string of the molecule is CC1(C)OB(C(=Cc2cccc3[nH]c(=O)oc(=O)c23)CO)OC1(C)C. The van der Waals surface area contributed by atoms with Crippen LogP contribution in [0.3, 0.4) is 0 Å². The molecule has 8 heteroatoms. The lowest BCUT2D eigenvalue weighted by Gasteiger charge is -2.32. The molecule has 0 spiro atoms. The van der Waals surface area contributed by atoms with Crippen LogP contribution in [0.5, 0.6) is 0 Å². The largest absolute Gasteiger partial charge is 0.492 e. The van der Waals surface area contributed by atoms with Crippen molar-refractivity contribution in [2.75, 3.05) is 6.61 Å². The maximum atomic E-state index is 12.1. The summed E-state index contributed by atoms with van der Waals surface area (Å²) in [6.07, 6.45) is 1.62. The molecule has 0 aliphatic carbocycles. The average molecular weight is 345 g/mol. The van der Waals surface area contributed by atoms with E-state index in [4.69, 9.17) is 9.31 Å². The standard InChI is InChI=1S/C17H20BNO6/c1-16(2)17(3,4)25-18(24-16)11(9-20)8-10-6-5-7-12-13(10)14(21)23-15(22)19-12/h5-8,20H,9H2,1-4H3,(H,19,22). The molecule has 0 radical (unpaired) electrons. The fraction of sp³-hybridized carbons (Fsp3) is 0.412. The molecule has 0 saturated carbocycles. The summed E-state index contributed by atoms with van der Waals surface area (Å²) >= 11 is 0. The highest BCUT2D eigenvalue weighted by Gasteiger charge is 2.52. The molecule has 1 fully saturated rings. The van der Waals surface area contributed by atoms with Crippen LogP contribution < -0.4 is 11.4 Å². The minimum atomic E-state index is -0.813. The van der Waals surface area contributed by atoms with Crippen LogP contribution in [-0.4, -0.2) is 35.0 Å². The molecule has 1 aromatic carbocycles. The minimum Gasteiger partial charge on any atom is -0.400 e. The Labute approximate surface area is 144 Å². The highest BCUT2D eigenvalue weighted by atomic mass is 16.7. The van der Waals surface area contributed by atoms with Crippen LogP contribution in [0.25, 0.3) is 17.0 Å². The number of aliphatic hydroxyl groups is 1. The molecule has 2 N–H and O–H groups in total. The van der Waals surface area contributed by atoms with Crippen LogP contribution in [0, 0.1) is 0 Å². The Morgan fingerprint density at radius 1 is 1.20 bits per heavy atom. The quantitative estimate of drug-likeness (QED) is 0.818. The van der Waals surface area contributed by atoms with E-state index in [1.54, 1.807) is 24.3 Å². The number of aromatic amines is 1. The van der Waals surface area contributed by atoms with E-state index in [0.717, 1.165) is 0 Å². The number of aromatic nitrogens is 1. The normalized spacial score (nSPS) is 19.6. The van der Waals surface area contributed by atoms with Crippen molar-refractivity contribution >= 4 is 24.1 Å². The van der Waals surface area contributed by atoms with Gasteiger partial charge >= 0.3 is 18.5 Å². The number of hydrogen-bond acceptors (Lipinski definition) is 6. The van der Waals surface area contributed by atoms with Crippen molar-refractivity contribution in [3.8, 4) is 0 Å². The number of nitrogens with one attached hydrogen (secondary N) is 1. The van der Waals surface area contributed by atoms with Crippen molar-refractivity contribution in [1.29, 1.82) is 0 Å². The number of benzene rings is 1. The summed E-state index contributed by atoms with van der Waals surface area (Å²) in [7, 11) is -0.736. The van der Waals surface area contributed by atoms with E-state index < -0.39 is 29.7 Å². The van der Waals surface area contributed by atoms with Crippen molar-refractivity contribution < 1.29 is 18.8 Å². The van der Waals surface area contributed by atoms with E-state index in [-0.39, 0.29) is 12.0 Å². The number of hydrogen-bond donors (Lipinski definition) is 2. The Hall–Kier alpha value is -2.16. The monoisotopic (exact) mass is 345 g/mol. The molecule has 25 heavy (non-hydrogen) atoms. The summed E-state index contributed by atoms with van der Waals surface area (Å²) in [5.74, 6) is -0.813. The van der Waals surface area contributed by atoms with Gasteiger partial charge in [0.1, 0.15) is 0 Å². The first-order valence-electron chi connectivity index (χ1n) is 7.98. The molecule has 3 rings (SSSR count). The van der Waals surface area contributed by atoms with Gasteiger partial charge in [-0.25, -0.2) is 9.59 Å². The molecular formula is C17H20BNO6. The molecular weight excluding hydrogens is 325 g/mol. The summed E-state index contributed by atoms with van der Waals surface area (Å²) in [5.41, 5.74) is -0.500. The summed E-state index contributed by atoms with van der Waals surface area (Å²) in [6, 6.07) is 5.00. The molecule has 0 amide bonds. The third kappa shape index (κ3) is 3.08. The predicted octanol–water partition coefficient (Wildman–Crippen LogP) is 1.49. The van der Waals surface area contributed by atoms with E-state index in [1.807, 2.05) is 27.7 Å². The lowest BCUT2D eigenvalue weighted by Crippen LogP contribution is -2.41. The Balaban J connectivity index is 2.09. The zero-order valence-corrected chi connectivity index (χ0v) is 14.6. The number of H-pyrrole nitrogens is 1. The molecule has 132 valence electrons. The van der Waals surface area contributed by atoms with Gasteiger partial charge in [0.05, 0.1) is 28.7 Å². The maximum absolute atomic E-state index is 12.1. The van der Waals surface area contributed by atoms with Gasteiger partial charge in [0, 0.05) is 0 Å². The Kier molecular flexibility index (Phi) is 4.22. The van der Waals surface area contributed by atoms with E-state index in [0.29, 0.717) is 16.6 Å². The van der Waals surface area contributed by atoms with Crippen molar-refractivity contribution in [3.05, 3.63) is 50.2 Å². The van der Waals surface area contributed by atoms with Crippen molar-refractivity contribution in [2.45, 2.75) is 38.9 Å². The highest BCUT2D eigenvalue weighted by molar-refractivity contribution is 6.55. The molecule has 0 bridgehead atoms. The first kappa shape index (κ1) is 17.7. The van der Waals surface area contributed by atoms with Gasteiger partial charge in [0.2, 0.25) is 0 Å². The average Bonchev–Trinajstić information content (AvgIpc) is 2.72. The molecule has 0 atom stereocenters. The van der Waals surface area contributed by atoms with Gasteiger partial charge in [-0.05, 0) is 44.8 Å². The molecule has 2 aromatic rings. The van der Waals surface area contributed by atoms with Gasteiger partial charge in [0.15, 0.2) is 0 Å². The van der Waals surface area contributed by atoms with Gasteiger partial charge in [-0.15, -0.1) is 0 Å². The summed E-state index contributed by atoms with van der Waals surface area (Å²) in [5, 5.41) is 10.0. The van der Waals surface area contributed by atoms with Crippen LogP contribution in [0.15, 0.2) is 37.7 Å². The van der Waals surface area contributed by atoms with Gasteiger partial charge < -0.3 is 18.8 Å². The molecule has 1 saturated heterocycles. The summed E-state index contributed by atoms with van der Waals surface area (Å²) < 4.78 is 16.5. The van der Waals surface area contributed by atoms with Gasteiger partial charge in [-0.3, -0.25) is 4.98 Å². The first-order valence-corrected chi connectivity index (χ1v) is 7.98. The van der Waals surface area contributed by atoms with E-state index in [2.05, 4.69) is 9.40 Å². The Morgan fingerprint density at radius 3 is 2.44 bits per heavy atom. The second-order valence-corrected chi connectivity index (χ2v) is 7.04. The Bertz CT molecular complexity index is 939. The second kappa shape index (κ2) is 5.98. The first-order chi connectivity index (χ1) is 11.6. The number of rotatable bonds is 3. The third-order valence-electron chi connectivity index (χ3n) is 4.80. The predicted molar refractivity (Wildman–Crippen MR) is 94.2 cm³/mol. The van der Waals surface area contributed by atoms with E-state index >= 15 is 0 Å². The van der Waals surface area contributed by atoms with Crippen LogP contribution in [-0.2, 0) is 9.31 Å². The van der Waals surface area contributed by atoms with Crippen molar-refractivity contribution in [1.82, 2.24) is 4.98 Å². The number of aliphatic hydroxyl groups excluding tert-OH is 1. The van der Waals surface area contributed by atoms with Crippen LogP contribution in [0.1, 0.15) is 33.3 Å². The number of fused-ring (bicyclic) bond motifs is 1. The van der Waals surface area contributed by atoms with Gasteiger partial charge in [0.25, 0.3) is 0 Å². The molecule has 1 aliphatic rings. The highest BCUT2D eigenvalue weighted by Crippen LogP contribution is 2.38. The lowest BCUT2D eigenvalue weighted by molar-refractivity contribution is 0.00578. The topological polar surface area (TPSA) is 102 Å². The third-order valence-corrected chi connectivity index (χ3v) is 4.80. The van der Waals surface area contributed by atoms with Crippen LogP contribution >= 0.6 is 0 Å². The van der Waals surface area contributed by atoms with Gasteiger partial charge in [-0.1, -0.05) is 18.2 Å². The van der Waals surface area contributed by atoms with Crippen LogP contribution in [0.4, 0.5) is 0 Å².